The van der Waals surface area contributed by atoms with E-state index in [-0.39, 0.29) is 22.3 Å². The first-order valence-electron chi connectivity index (χ1n) is 10.3. The molecule has 9 heteroatoms. The van der Waals surface area contributed by atoms with Crippen molar-refractivity contribution < 1.29 is 23.1 Å². The van der Waals surface area contributed by atoms with Crippen molar-refractivity contribution in [1.29, 1.82) is 0 Å². The monoisotopic (exact) mass is 427 g/mol. The largest absolute Gasteiger partial charge is 0.485 e. The number of piperidine rings is 1. The van der Waals surface area contributed by atoms with E-state index in [1.807, 2.05) is 4.90 Å². The second kappa shape index (κ2) is 10.8. The van der Waals surface area contributed by atoms with Crippen molar-refractivity contribution in [2.45, 2.75) is 63.4 Å². The first-order valence-corrected chi connectivity index (χ1v) is 11.9. The highest BCUT2D eigenvalue weighted by Gasteiger charge is 2.28. The predicted molar refractivity (Wildman–Crippen MR) is 113 cm³/mol. The lowest BCUT2D eigenvalue weighted by atomic mass is 10.1. The molecule has 1 aromatic rings. The number of nitrogens with two attached hydrogens (primary N) is 1. The van der Waals surface area contributed by atoms with E-state index in [0.29, 0.717) is 25.3 Å². The van der Waals surface area contributed by atoms with Crippen molar-refractivity contribution in [2.24, 2.45) is 5.14 Å². The summed E-state index contributed by atoms with van der Waals surface area (Å²) in [5, 5.41) is 18.3. The quantitative estimate of drug-likeness (QED) is 0.496. The second-order valence-corrected chi connectivity index (χ2v) is 8.98. The highest BCUT2D eigenvalue weighted by Crippen LogP contribution is 2.38. The fraction of sp³-hybridized carbons (Fsp3) is 0.650. The number of nitrogens with one attached hydrogen (secondary N) is 1. The van der Waals surface area contributed by atoms with Crippen LogP contribution in [0.3, 0.4) is 0 Å². The van der Waals surface area contributed by atoms with Crippen LogP contribution in [0, 0.1) is 0 Å². The molecule has 1 saturated heterocycles. The van der Waals surface area contributed by atoms with Gasteiger partial charge in [0.2, 0.25) is 10.0 Å². The van der Waals surface area contributed by atoms with Gasteiger partial charge in [0.15, 0.2) is 5.75 Å². The molecule has 8 nitrogen and oxygen atoms in total. The SMILES string of the molecule is CCCCN(CCCC)c1cc(C(=O)O)cc(S(N)(=O)=O)c1OC1CCCNC1. The highest BCUT2D eigenvalue weighted by atomic mass is 32.2. The molecule has 1 unspecified atom stereocenters. The van der Waals surface area contributed by atoms with Crippen molar-refractivity contribution in [2.75, 3.05) is 31.1 Å². The van der Waals surface area contributed by atoms with Crippen molar-refractivity contribution in [1.82, 2.24) is 5.32 Å². The maximum absolute atomic E-state index is 12.3. The zero-order chi connectivity index (χ0) is 21.4. The summed E-state index contributed by atoms with van der Waals surface area (Å²) < 4.78 is 30.9. The maximum atomic E-state index is 12.3. The molecular formula is C20H33N3O5S. The zero-order valence-corrected chi connectivity index (χ0v) is 18.1. The van der Waals surface area contributed by atoms with Crippen LogP contribution in [0.4, 0.5) is 5.69 Å². The smallest absolute Gasteiger partial charge is 0.335 e. The Kier molecular flexibility index (Phi) is 8.73. The Labute approximate surface area is 173 Å². The summed E-state index contributed by atoms with van der Waals surface area (Å²) in [5.74, 6) is -1.04. The number of rotatable bonds is 11. The van der Waals surface area contributed by atoms with E-state index in [2.05, 4.69) is 19.2 Å². The van der Waals surface area contributed by atoms with E-state index in [4.69, 9.17) is 9.88 Å². The lowest BCUT2D eigenvalue weighted by molar-refractivity contribution is 0.0696. The molecule has 29 heavy (non-hydrogen) atoms. The maximum Gasteiger partial charge on any atom is 0.335 e. The number of nitrogens with zero attached hydrogens (tertiary/aromatic N) is 1. The highest BCUT2D eigenvalue weighted by molar-refractivity contribution is 7.89. The Bertz CT molecular complexity index is 784. The molecular weight excluding hydrogens is 394 g/mol. The van der Waals surface area contributed by atoms with Crippen molar-refractivity contribution in [3.05, 3.63) is 17.7 Å². The predicted octanol–water partition coefficient (Wildman–Crippen LogP) is 2.57. The Morgan fingerprint density at radius 1 is 1.28 bits per heavy atom. The van der Waals surface area contributed by atoms with E-state index < -0.39 is 16.0 Å². The molecule has 0 bridgehead atoms. The van der Waals surface area contributed by atoms with E-state index >= 15 is 0 Å². The third kappa shape index (κ3) is 6.58. The summed E-state index contributed by atoms with van der Waals surface area (Å²) in [7, 11) is -4.17. The van der Waals surface area contributed by atoms with Crippen LogP contribution in [0.1, 0.15) is 62.7 Å². The number of benzene rings is 1. The van der Waals surface area contributed by atoms with Crippen molar-refractivity contribution >= 4 is 21.7 Å². The second-order valence-electron chi connectivity index (χ2n) is 7.45. The van der Waals surface area contributed by atoms with Gasteiger partial charge < -0.3 is 20.1 Å². The summed E-state index contributed by atoms with van der Waals surface area (Å²) >= 11 is 0. The number of carboxylic acids is 1. The molecule has 1 aliphatic rings. The van der Waals surface area contributed by atoms with Gasteiger partial charge in [0, 0.05) is 19.6 Å². The van der Waals surface area contributed by atoms with E-state index in [1.54, 1.807) is 0 Å². The number of unbranched alkanes of at least 4 members (excludes halogenated alkanes) is 2. The van der Waals surface area contributed by atoms with Crippen LogP contribution in [0.2, 0.25) is 0 Å². The van der Waals surface area contributed by atoms with Gasteiger partial charge >= 0.3 is 5.97 Å². The van der Waals surface area contributed by atoms with Gasteiger partial charge in [0.1, 0.15) is 11.0 Å². The van der Waals surface area contributed by atoms with E-state index in [0.717, 1.165) is 51.1 Å². The van der Waals surface area contributed by atoms with Crippen LogP contribution in [0.25, 0.3) is 0 Å². The number of ether oxygens (including phenoxy) is 1. The van der Waals surface area contributed by atoms with Crippen LogP contribution >= 0.6 is 0 Å². The molecule has 1 atom stereocenters. The van der Waals surface area contributed by atoms with E-state index in [9.17, 15) is 18.3 Å². The molecule has 1 heterocycles. The summed E-state index contributed by atoms with van der Waals surface area (Å²) in [5.41, 5.74) is 0.373. The van der Waals surface area contributed by atoms with Gasteiger partial charge in [0.25, 0.3) is 0 Å². The lowest BCUT2D eigenvalue weighted by Crippen LogP contribution is -2.38. The van der Waals surface area contributed by atoms with Crippen LogP contribution in [-0.4, -0.2) is 51.8 Å². The number of carboxylic acid groups (broad SMARTS) is 1. The van der Waals surface area contributed by atoms with Crippen LogP contribution in [0.5, 0.6) is 5.75 Å². The molecule has 1 fully saturated rings. The minimum Gasteiger partial charge on any atom is -0.485 e. The topological polar surface area (TPSA) is 122 Å². The standard InChI is InChI=1S/C20H33N3O5S/c1-3-5-10-23(11-6-4-2)17-12-15(20(24)25)13-18(29(21,26)27)19(17)28-16-8-7-9-22-14-16/h12-13,16,22H,3-11,14H2,1-2H3,(H,24,25)(H2,21,26,27). The minimum absolute atomic E-state index is 0.115. The van der Waals surface area contributed by atoms with Gasteiger partial charge in [-0.05, 0) is 44.4 Å². The third-order valence-corrected chi connectivity index (χ3v) is 5.95. The average molecular weight is 428 g/mol. The average Bonchev–Trinajstić information content (AvgIpc) is 2.68. The number of carbonyl (C=O) groups is 1. The number of primary sulfonamides is 1. The summed E-state index contributed by atoms with van der Waals surface area (Å²) in [6.45, 7) is 7.02. The molecule has 1 aliphatic heterocycles. The summed E-state index contributed by atoms with van der Waals surface area (Å²) in [6, 6.07) is 2.61. The van der Waals surface area contributed by atoms with Gasteiger partial charge in [-0.3, -0.25) is 0 Å². The lowest BCUT2D eigenvalue weighted by Gasteiger charge is -2.31. The first kappa shape index (κ1) is 23.4. The molecule has 0 radical (unpaired) electrons. The Morgan fingerprint density at radius 2 is 1.93 bits per heavy atom. The summed E-state index contributed by atoms with van der Waals surface area (Å²) in [6.07, 6.45) is 5.25. The van der Waals surface area contributed by atoms with Crippen LogP contribution in [0.15, 0.2) is 17.0 Å². The third-order valence-electron chi connectivity index (χ3n) is 5.03. The molecule has 1 aromatic carbocycles. The van der Waals surface area contributed by atoms with Gasteiger partial charge in [0.05, 0.1) is 11.3 Å². The molecule has 0 aliphatic carbocycles. The number of aromatic carboxylic acids is 1. The number of sulfonamides is 1. The number of hydrogen-bond acceptors (Lipinski definition) is 6. The molecule has 0 amide bonds. The molecule has 4 N–H and O–H groups in total. The normalized spacial score (nSPS) is 17.1. The Balaban J connectivity index is 2.61. The minimum atomic E-state index is -4.17. The molecule has 0 aromatic heterocycles. The number of hydrogen-bond donors (Lipinski definition) is 3. The molecule has 0 spiro atoms. The fourth-order valence-corrected chi connectivity index (χ4v) is 4.12. The van der Waals surface area contributed by atoms with Crippen LogP contribution < -0.4 is 20.1 Å². The van der Waals surface area contributed by atoms with Gasteiger partial charge in [-0.15, -0.1) is 0 Å². The zero-order valence-electron chi connectivity index (χ0n) is 17.3. The summed E-state index contributed by atoms with van der Waals surface area (Å²) in [4.78, 5) is 13.4. The van der Waals surface area contributed by atoms with Gasteiger partial charge in [-0.25, -0.2) is 18.4 Å². The van der Waals surface area contributed by atoms with Gasteiger partial charge in [-0.1, -0.05) is 26.7 Å². The van der Waals surface area contributed by atoms with Gasteiger partial charge in [-0.2, -0.15) is 0 Å². The molecule has 0 saturated carbocycles. The number of anilines is 1. The Hall–Kier alpha value is -1.84. The fourth-order valence-electron chi connectivity index (χ4n) is 3.41. The van der Waals surface area contributed by atoms with Crippen molar-refractivity contribution in [3.8, 4) is 5.75 Å². The Morgan fingerprint density at radius 3 is 2.41 bits per heavy atom. The van der Waals surface area contributed by atoms with Crippen LogP contribution in [-0.2, 0) is 10.0 Å². The molecule has 2 rings (SSSR count). The van der Waals surface area contributed by atoms with Crippen molar-refractivity contribution in [3.63, 3.8) is 0 Å². The first-order chi connectivity index (χ1) is 13.8. The van der Waals surface area contributed by atoms with E-state index in [1.165, 1.54) is 6.07 Å². The molecule has 164 valence electrons.